The van der Waals surface area contributed by atoms with Crippen molar-refractivity contribution < 1.29 is 0 Å². The molecule has 0 fully saturated rings. The fraction of sp³-hybridized carbons (Fsp3) is 0.273. The second-order valence-corrected chi connectivity index (χ2v) is 4.71. The molecule has 2 heterocycles. The van der Waals surface area contributed by atoms with Gasteiger partial charge in [-0.25, -0.2) is 0 Å². The summed E-state index contributed by atoms with van der Waals surface area (Å²) in [6.07, 6.45) is 4.02. The molecule has 1 unspecified atom stereocenters. The third-order valence-electron chi connectivity index (χ3n) is 2.14. The molecule has 2 aromatic heterocycles. The number of aryl methyl sites for hydroxylation is 1. The second-order valence-electron chi connectivity index (χ2n) is 3.39. The molecule has 1 N–H and O–H groups in total. The van der Waals surface area contributed by atoms with E-state index < -0.39 is 0 Å². The van der Waals surface area contributed by atoms with E-state index in [1.165, 1.54) is 9.75 Å². The average molecular weight is 206 g/mol. The van der Waals surface area contributed by atoms with Crippen molar-refractivity contribution in [2.75, 3.05) is 5.43 Å². The lowest BCUT2D eigenvalue weighted by Crippen LogP contribution is -2.15. The minimum atomic E-state index is 0.362. The molecule has 14 heavy (non-hydrogen) atoms. The normalized spacial score (nSPS) is 12.7. The Kier molecular flexibility index (Phi) is 2.59. The Morgan fingerprint density at radius 1 is 1.29 bits per heavy atom. The first kappa shape index (κ1) is 9.34. The summed E-state index contributed by atoms with van der Waals surface area (Å²) in [7, 11) is 0. The molecular weight excluding hydrogens is 192 g/mol. The Hall–Kier alpha value is -1.22. The molecule has 1 atom stereocenters. The number of thiophene rings is 1. The van der Waals surface area contributed by atoms with Crippen LogP contribution in [0.25, 0.3) is 0 Å². The lowest BCUT2D eigenvalue weighted by molar-refractivity contribution is 0.739. The molecule has 0 saturated heterocycles. The monoisotopic (exact) mass is 206 g/mol. The van der Waals surface area contributed by atoms with E-state index in [0.717, 1.165) is 0 Å². The average Bonchev–Trinajstić information content (AvgIpc) is 2.75. The molecule has 0 saturated carbocycles. The van der Waals surface area contributed by atoms with E-state index in [-0.39, 0.29) is 0 Å². The molecule has 0 aliphatic rings. The van der Waals surface area contributed by atoms with Gasteiger partial charge in [-0.3, -0.25) is 4.68 Å². The van der Waals surface area contributed by atoms with E-state index in [1.54, 1.807) is 0 Å². The standard InChI is InChI=1S/C11H14N2S/c1-9-5-6-11(14-9)10(2)12-13-7-3-4-8-13/h3-8,10,12H,1-2H3. The first-order valence-electron chi connectivity index (χ1n) is 4.71. The summed E-state index contributed by atoms with van der Waals surface area (Å²) in [6.45, 7) is 4.31. The van der Waals surface area contributed by atoms with Crippen LogP contribution >= 0.6 is 11.3 Å². The number of nitrogens with zero attached hydrogens (tertiary/aromatic N) is 1. The SMILES string of the molecule is Cc1ccc(C(C)Nn2cccc2)s1. The van der Waals surface area contributed by atoms with Gasteiger partial charge in [-0.1, -0.05) is 0 Å². The smallest absolute Gasteiger partial charge is 0.0737 e. The van der Waals surface area contributed by atoms with Gasteiger partial charge in [0.25, 0.3) is 0 Å². The molecule has 2 rings (SSSR count). The van der Waals surface area contributed by atoms with Crippen molar-refractivity contribution in [3.8, 4) is 0 Å². The summed E-state index contributed by atoms with van der Waals surface area (Å²) in [5.41, 5.74) is 3.38. The Bertz CT molecular complexity index is 389. The van der Waals surface area contributed by atoms with Crippen molar-refractivity contribution in [2.45, 2.75) is 19.9 Å². The fourth-order valence-corrected chi connectivity index (χ4v) is 2.27. The number of hydrogen-bond donors (Lipinski definition) is 1. The highest BCUT2D eigenvalue weighted by Crippen LogP contribution is 2.22. The van der Waals surface area contributed by atoms with E-state index in [9.17, 15) is 0 Å². The highest BCUT2D eigenvalue weighted by Gasteiger charge is 2.06. The van der Waals surface area contributed by atoms with Gasteiger partial charge in [0.15, 0.2) is 0 Å². The van der Waals surface area contributed by atoms with Gasteiger partial charge < -0.3 is 5.43 Å². The molecule has 0 spiro atoms. The Labute approximate surface area is 88.2 Å². The summed E-state index contributed by atoms with van der Waals surface area (Å²) in [4.78, 5) is 2.73. The van der Waals surface area contributed by atoms with Crippen molar-refractivity contribution >= 4 is 11.3 Å². The summed E-state index contributed by atoms with van der Waals surface area (Å²) < 4.78 is 1.99. The van der Waals surface area contributed by atoms with Crippen molar-refractivity contribution in [3.63, 3.8) is 0 Å². The minimum absolute atomic E-state index is 0.362. The van der Waals surface area contributed by atoms with Crippen LogP contribution in [0.5, 0.6) is 0 Å². The van der Waals surface area contributed by atoms with Gasteiger partial charge in [-0.2, -0.15) is 0 Å². The zero-order chi connectivity index (χ0) is 9.97. The topological polar surface area (TPSA) is 17.0 Å². The van der Waals surface area contributed by atoms with E-state index in [2.05, 4.69) is 31.4 Å². The largest absolute Gasteiger partial charge is 0.318 e. The number of nitrogens with one attached hydrogen (secondary N) is 1. The van der Waals surface area contributed by atoms with E-state index in [4.69, 9.17) is 0 Å². The molecule has 2 nitrogen and oxygen atoms in total. The molecule has 0 amide bonds. The summed E-state index contributed by atoms with van der Waals surface area (Å²) >= 11 is 1.84. The molecule has 3 heteroatoms. The maximum Gasteiger partial charge on any atom is 0.0737 e. The third-order valence-corrected chi connectivity index (χ3v) is 3.32. The number of hydrogen-bond acceptors (Lipinski definition) is 2. The van der Waals surface area contributed by atoms with Crippen LogP contribution in [0, 0.1) is 6.92 Å². The first-order chi connectivity index (χ1) is 6.75. The van der Waals surface area contributed by atoms with Crippen molar-refractivity contribution in [1.29, 1.82) is 0 Å². The molecule has 0 aromatic carbocycles. The van der Waals surface area contributed by atoms with Gasteiger partial charge in [-0.05, 0) is 38.1 Å². The van der Waals surface area contributed by atoms with Crippen LogP contribution < -0.4 is 5.43 Å². The molecule has 2 aromatic rings. The van der Waals surface area contributed by atoms with Gasteiger partial charge in [0.1, 0.15) is 0 Å². The first-order valence-corrected chi connectivity index (χ1v) is 5.53. The Morgan fingerprint density at radius 3 is 2.57 bits per heavy atom. The van der Waals surface area contributed by atoms with E-state index >= 15 is 0 Å². The molecule has 0 radical (unpaired) electrons. The Balaban J connectivity index is 2.06. The zero-order valence-corrected chi connectivity index (χ0v) is 9.21. The third kappa shape index (κ3) is 1.99. The molecule has 74 valence electrons. The van der Waals surface area contributed by atoms with E-state index in [0.29, 0.717) is 6.04 Å². The summed E-state index contributed by atoms with van der Waals surface area (Å²) in [5.74, 6) is 0. The van der Waals surface area contributed by atoms with Crippen LogP contribution in [0.2, 0.25) is 0 Å². The molecule has 0 aliphatic heterocycles. The summed E-state index contributed by atoms with van der Waals surface area (Å²) in [5, 5.41) is 0. The van der Waals surface area contributed by atoms with Crippen LogP contribution in [0.4, 0.5) is 0 Å². The molecule has 0 bridgehead atoms. The molecular formula is C11H14N2S. The lowest BCUT2D eigenvalue weighted by Gasteiger charge is -2.14. The van der Waals surface area contributed by atoms with Crippen LogP contribution in [0.1, 0.15) is 22.7 Å². The second kappa shape index (κ2) is 3.88. The quantitative estimate of drug-likeness (QED) is 0.816. The molecule has 0 aliphatic carbocycles. The van der Waals surface area contributed by atoms with Gasteiger partial charge in [-0.15, -0.1) is 11.3 Å². The fourth-order valence-electron chi connectivity index (χ4n) is 1.39. The predicted octanol–water partition coefficient (Wildman–Crippen LogP) is 3.16. The van der Waals surface area contributed by atoms with Crippen LogP contribution in [-0.4, -0.2) is 4.68 Å². The van der Waals surface area contributed by atoms with Gasteiger partial charge in [0.2, 0.25) is 0 Å². The van der Waals surface area contributed by atoms with Crippen molar-refractivity contribution in [3.05, 3.63) is 46.4 Å². The number of rotatable bonds is 3. The van der Waals surface area contributed by atoms with E-state index in [1.807, 2.05) is 40.5 Å². The minimum Gasteiger partial charge on any atom is -0.318 e. The predicted molar refractivity (Wildman–Crippen MR) is 61.3 cm³/mol. The van der Waals surface area contributed by atoms with Crippen molar-refractivity contribution in [2.24, 2.45) is 0 Å². The van der Waals surface area contributed by atoms with Crippen LogP contribution in [0.15, 0.2) is 36.7 Å². The Morgan fingerprint density at radius 2 is 2.00 bits per heavy atom. The highest BCUT2D eigenvalue weighted by molar-refractivity contribution is 7.12. The number of aromatic nitrogens is 1. The zero-order valence-electron chi connectivity index (χ0n) is 8.40. The van der Waals surface area contributed by atoms with Gasteiger partial charge >= 0.3 is 0 Å². The highest BCUT2D eigenvalue weighted by atomic mass is 32.1. The maximum absolute atomic E-state index is 3.38. The lowest BCUT2D eigenvalue weighted by atomic mass is 10.3. The van der Waals surface area contributed by atoms with Gasteiger partial charge in [0, 0.05) is 22.1 Å². The van der Waals surface area contributed by atoms with Crippen molar-refractivity contribution in [1.82, 2.24) is 4.68 Å². The van der Waals surface area contributed by atoms with Crippen LogP contribution in [-0.2, 0) is 0 Å². The van der Waals surface area contributed by atoms with Crippen LogP contribution in [0.3, 0.4) is 0 Å². The summed E-state index contributed by atoms with van der Waals surface area (Å²) in [6, 6.07) is 8.73. The maximum atomic E-state index is 3.38. The van der Waals surface area contributed by atoms with Gasteiger partial charge in [0.05, 0.1) is 6.04 Å².